The summed E-state index contributed by atoms with van der Waals surface area (Å²) in [5.41, 5.74) is 1.53. The Morgan fingerprint density at radius 2 is 1.47 bits per heavy atom. The number of amides is 1. The highest BCUT2D eigenvalue weighted by atomic mass is 32.2. The molecule has 5 aromatic carbocycles. The number of nitrogens with zero attached hydrogens (tertiary/aromatic N) is 1. The minimum absolute atomic E-state index is 0.00329. The largest absolute Gasteiger partial charge is 0.494 e. The quantitative estimate of drug-likeness (QED) is 0.122. The standard InChI is InChI=1S/C40H36F2N2O6S/c41-35-21-12-28(26-36(35)42)27-43-39(46)40(22-25-51(47,48)34-10-5-2-6-11-34)37(31-15-13-30(14-16-31)29-8-3-1-4-9-29)50-38(44-40)32-17-19-33(20-18-32)49-24-7-23-45/h1-6,8-21,26,37,45H,7,22-25,27H2,(H,43,46)/t37-,40-/m1/s1. The number of aliphatic imine (C=N–C) groups is 1. The lowest BCUT2D eigenvalue weighted by Crippen LogP contribution is -2.49. The van der Waals surface area contributed by atoms with E-state index < -0.39 is 44.8 Å². The van der Waals surface area contributed by atoms with Crippen molar-refractivity contribution in [1.82, 2.24) is 5.32 Å². The first-order valence-electron chi connectivity index (χ1n) is 16.4. The van der Waals surface area contributed by atoms with Gasteiger partial charge in [0, 0.05) is 31.6 Å². The number of nitrogens with one attached hydrogen (secondary N) is 1. The van der Waals surface area contributed by atoms with Crippen LogP contribution in [0.25, 0.3) is 11.1 Å². The van der Waals surface area contributed by atoms with E-state index in [1.165, 1.54) is 18.2 Å². The summed E-state index contributed by atoms with van der Waals surface area (Å²) in [6.07, 6.45) is -0.852. The molecule has 0 radical (unpaired) electrons. The number of carbonyl (C=O) groups excluding carboxylic acids is 1. The monoisotopic (exact) mass is 710 g/mol. The van der Waals surface area contributed by atoms with Crippen molar-refractivity contribution >= 4 is 21.6 Å². The molecule has 0 aromatic heterocycles. The summed E-state index contributed by atoms with van der Waals surface area (Å²) in [6.45, 7) is 0.149. The Balaban J connectivity index is 1.40. The maximum Gasteiger partial charge on any atom is 0.252 e. The number of aliphatic hydroxyl groups excluding tert-OH is 1. The van der Waals surface area contributed by atoms with Crippen molar-refractivity contribution in [3.8, 4) is 16.9 Å². The van der Waals surface area contributed by atoms with Gasteiger partial charge in [0.05, 0.1) is 17.3 Å². The van der Waals surface area contributed by atoms with Crippen molar-refractivity contribution in [3.63, 3.8) is 0 Å². The summed E-state index contributed by atoms with van der Waals surface area (Å²) >= 11 is 0. The molecular formula is C40H36F2N2O6S. The van der Waals surface area contributed by atoms with Gasteiger partial charge in [-0.1, -0.05) is 78.9 Å². The lowest BCUT2D eigenvalue weighted by molar-refractivity contribution is -0.129. The number of hydrogen-bond donors (Lipinski definition) is 2. The third kappa shape index (κ3) is 8.16. The molecule has 262 valence electrons. The minimum atomic E-state index is -3.87. The van der Waals surface area contributed by atoms with E-state index in [0.717, 1.165) is 23.3 Å². The smallest absolute Gasteiger partial charge is 0.252 e. The molecule has 1 amide bonds. The van der Waals surface area contributed by atoms with Crippen LogP contribution >= 0.6 is 0 Å². The number of halogens is 2. The predicted octanol–water partition coefficient (Wildman–Crippen LogP) is 6.83. The van der Waals surface area contributed by atoms with Crippen LogP contribution in [0, 0.1) is 11.6 Å². The van der Waals surface area contributed by atoms with Crippen molar-refractivity contribution in [1.29, 1.82) is 0 Å². The Bertz CT molecular complexity index is 2100. The Hall–Kier alpha value is -5.39. The van der Waals surface area contributed by atoms with Crippen LogP contribution in [0.4, 0.5) is 8.78 Å². The lowest BCUT2D eigenvalue weighted by atomic mass is 9.84. The molecule has 0 aliphatic carbocycles. The van der Waals surface area contributed by atoms with E-state index in [0.29, 0.717) is 35.5 Å². The second-order valence-electron chi connectivity index (χ2n) is 12.1. The molecule has 51 heavy (non-hydrogen) atoms. The number of ether oxygens (including phenoxy) is 2. The molecule has 5 aromatic rings. The molecule has 8 nitrogen and oxygen atoms in total. The number of hydrogen-bond acceptors (Lipinski definition) is 7. The summed E-state index contributed by atoms with van der Waals surface area (Å²) in [5, 5.41) is 11.9. The SMILES string of the molecule is O=C(NCc1ccc(F)c(F)c1)[C@]1(CCS(=O)(=O)c2ccccc2)N=C(c2ccc(OCCCO)cc2)O[C@@H]1c1ccc(-c2ccccc2)cc1. The van der Waals surface area contributed by atoms with Crippen molar-refractivity contribution < 1.29 is 36.6 Å². The van der Waals surface area contributed by atoms with Crippen LogP contribution < -0.4 is 10.1 Å². The van der Waals surface area contributed by atoms with Crippen LogP contribution in [0.5, 0.6) is 5.75 Å². The zero-order chi connectivity index (χ0) is 35.8. The molecule has 6 rings (SSSR count). The van der Waals surface area contributed by atoms with Crippen LogP contribution in [0.1, 0.15) is 35.6 Å². The second kappa shape index (κ2) is 15.7. The molecule has 1 heterocycles. The van der Waals surface area contributed by atoms with Crippen molar-refractivity contribution in [3.05, 3.63) is 156 Å². The van der Waals surface area contributed by atoms with Crippen LogP contribution in [-0.4, -0.2) is 49.8 Å². The van der Waals surface area contributed by atoms with Gasteiger partial charge in [0.25, 0.3) is 5.91 Å². The van der Waals surface area contributed by atoms with E-state index in [4.69, 9.17) is 19.6 Å². The average Bonchev–Trinajstić information content (AvgIpc) is 3.56. The van der Waals surface area contributed by atoms with Crippen molar-refractivity contribution in [2.75, 3.05) is 19.0 Å². The molecule has 1 aliphatic rings. The summed E-state index contributed by atoms with van der Waals surface area (Å²) in [5.74, 6) is -2.49. The first-order chi connectivity index (χ1) is 24.7. The van der Waals surface area contributed by atoms with E-state index >= 15 is 0 Å². The summed E-state index contributed by atoms with van der Waals surface area (Å²) in [6, 6.07) is 35.3. The summed E-state index contributed by atoms with van der Waals surface area (Å²) < 4.78 is 67.2. The summed E-state index contributed by atoms with van der Waals surface area (Å²) in [4.78, 5) is 19.5. The maximum absolute atomic E-state index is 14.5. The van der Waals surface area contributed by atoms with Gasteiger partial charge in [0.15, 0.2) is 33.1 Å². The van der Waals surface area contributed by atoms with Gasteiger partial charge >= 0.3 is 0 Å². The molecule has 1 aliphatic heterocycles. The number of aliphatic hydroxyl groups is 1. The molecular weight excluding hydrogens is 675 g/mol. The van der Waals surface area contributed by atoms with Gasteiger partial charge in [-0.05, 0) is 70.8 Å². The predicted molar refractivity (Wildman–Crippen MR) is 190 cm³/mol. The van der Waals surface area contributed by atoms with Crippen LogP contribution in [0.2, 0.25) is 0 Å². The Kier molecular flexibility index (Phi) is 10.9. The van der Waals surface area contributed by atoms with Crippen LogP contribution in [-0.2, 0) is 25.9 Å². The topological polar surface area (TPSA) is 114 Å². The lowest BCUT2D eigenvalue weighted by Gasteiger charge is -2.30. The molecule has 2 N–H and O–H groups in total. The summed E-state index contributed by atoms with van der Waals surface area (Å²) in [7, 11) is -3.87. The highest BCUT2D eigenvalue weighted by molar-refractivity contribution is 7.91. The van der Waals surface area contributed by atoms with E-state index in [2.05, 4.69) is 5.32 Å². The molecule has 2 atom stereocenters. The Morgan fingerprint density at radius 1 is 0.824 bits per heavy atom. The van der Waals surface area contributed by atoms with Crippen LogP contribution in [0.15, 0.2) is 137 Å². The van der Waals surface area contributed by atoms with Gasteiger partial charge in [-0.2, -0.15) is 0 Å². The normalized spacial score (nSPS) is 17.0. The minimum Gasteiger partial charge on any atom is -0.494 e. The van der Waals surface area contributed by atoms with Gasteiger partial charge in [-0.15, -0.1) is 0 Å². The van der Waals surface area contributed by atoms with Crippen molar-refractivity contribution in [2.45, 2.75) is 35.9 Å². The maximum atomic E-state index is 14.5. The molecule has 11 heteroatoms. The fourth-order valence-corrected chi connectivity index (χ4v) is 7.26. The highest BCUT2D eigenvalue weighted by Gasteiger charge is 2.53. The van der Waals surface area contributed by atoms with E-state index in [9.17, 15) is 22.0 Å². The van der Waals surface area contributed by atoms with E-state index in [-0.39, 0.29) is 30.4 Å². The molecule has 0 unspecified atom stereocenters. The zero-order valence-electron chi connectivity index (χ0n) is 27.5. The highest BCUT2D eigenvalue weighted by Crippen LogP contribution is 2.43. The van der Waals surface area contributed by atoms with E-state index in [1.54, 1.807) is 42.5 Å². The first-order valence-corrected chi connectivity index (χ1v) is 18.1. The fourth-order valence-electron chi connectivity index (χ4n) is 5.87. The van der Waals surface area contributed by atoms with Crippen molar-refractivity contribution in [2.24, 2.45) is 4.99 Å². The fraction of sp³-hybridized carbons (Fsp3) is 0.200. The van der Waals surface area contributed by atoms with Gasteiger partial charge in [-0.3, -0.25) is 4.79 Å². The molecule has 0 bridgehead atoms. The van der Waals surface area contributed by atoms with Crippen LogP contribution in [0.3, 0.4) is 0 Å². The van der Waals surface area contributed by atoms with Gasteiger partial charge < -0.3 is 19.9 Å². The molecule has 0 saturated heterocycles. The molecule has 0 saturated carbocycles. The Morgan fingerprint density at radius 3 is 2.14 bits per heavy atom. The van der Waals surface area contributed by atoms with E-state index in [1.807, 2.05) is 54.6 Å². The number of sulfone groups is 1. The average molecular weight is 711 g/mol. The number of carbonyl (C=O) groups is 1. The van der Waals surface area contributed by atoms with Gasteiger partial charge in [-0.25, -0.2) is 22.2 Å². The number of rotatable bonds is 14. The number of benzene rings is 5. The third-order valence-electron chi connectivity index (χ3n) is 8.64. The Labute approximate surface area is 295 Å². The van der Waals surface area contributed by atoms with Gasteiger partial charge in [0.1, 0.15) is 5.75 Å². The molecule has 0 spiro atoms. The van der Waals surface area contributed by atoms with Gasteiger partial charge in [0.2, 0.25) is 5.90 Å². The second-order valence-corrected chi connectivity index (χ2v) is 14.2. The molecule has 0 fully saturated rings. The third-order valence-corrected chi connectivity index (χ3v) is 10.4. The zero-order valence-corrected chi connectivity index (χ0v) is 28.4. The first kappa shape index (κ1) is 35.4.